The Morgan fingerprint density at radius 3 is 2.66 bits per heavy atom. The third-order valence-corrected chi connectivity index (χ3v) is 11.1. The lowest BCUT2D eigenvalue weighted by Gasteiger charge is -2.42. The van der Waals surface area contributed by atoms with E-state index < -0.39 is 0 Å². The number of H-pyrrole nitrogens is 1. The number of carbonyl (C=O) groups excluding carboxylic acids is 3. The number of likely N-dealkylation sites (tertiary alicyclic amines) is 1. The predicted octanol–water partition coefficient (Wildman–Crippen LogP) is 1.16. The summed E-state index contributed by atoms with van der Waals surface area (Å²) in [5.41, 5.74) is 1.04. The van der Waals surface area contributed by atoms with Crippen molar-refractivity contribution in [3.05, 3.63) is 44.6 Å². The van der Waals surface area contributed by atoms with E-state index in [1.165, 1.54) is 16.2 Å². The molecule has 7 atom stereocenters. The molecule has 0 spiro atoms. The quantitative estimate of drug-likeness (QED) is 0.614. The summed E-state index contributed by atoms with van der Waals surface area (Å²) in [5, 5.41) is 1.02. The van der Waals surface area contributed by atoms with E-state index in [1.54, 1.807) is 22.9 Å². The summed E-state index contributed by atoms with van der Waals surface area (Å²) in [6, 6.07) is 3.94. The molecule has 0 unspecified atom stereocenters. The number of fused-ring (bicyclic) bond motifs is 9. The zero-order valence-electron chi connectivity index (χ0n) is 18.8. The van der Waals surface area contributed by atoms with Gasteiger partial charge in [-0.3, -0.25) is 29.1 Å². The number of imide groups is 1. The van der Waals surface area contributed by atoms with Gasteiger partial charge in [0.15, 0.2) is 0 Å². The number of carbonyl (C=O) groups is 3. The standard InChI is InChI=1S/C24H24N4O5S2/c29-14(27-4-6-33-7-5-27)10-28-22(30)17-12-8-13(18(17)23(28)31)19-16(12)15(11-2-1-3-25-9-11)20-21(34-19)26-24(32)35-20/h1-3,9,12-13,15-19H,4-8,10H2,(H,26,32)/t12-,13-,15-,16-,17+,18-,19+/m1/s1. The number of pyridine rings is 1. The number of ether oxygens (including phenoxy) is 1. The molecule has 2 saturated carbocycles. The Morgan fingerprint density at radius 1 is 1.14 bits per heavy atom. The third-order valence-electron chi connectivity index (χ3n) is 8.52. The van der Waals surface area contributed by atoms with Crippen LogP contribution in [0.4, 0.5) is 0 Å². The zero-order valence-corrected chi connectivity index (χ0v) is 20.4. The minimum atomic E-state index is -0.386. The fraction of sp³-hybridized carbons (Fsp3) is 0.542. The molecule has 5 aliphatic rings. The van der Waals surface area contributed by atoms with Gasteiger partial charge in [0.05, 0.1) is 30.1 Å². The molecule has 35 heavy (non-hydrogen) atoms. The second kappa shape index (κ2) is 8.01. The van der Waals surface area contributed by atoms with E-state index >= 15 is 0 Å². The van der Waals surface area contributed by atoms with E-state index in [2.05, 4.69) is 9.97 Å². The number of rotatable bonds is 3. The number of amides is 3. The van der Waals surface area contributed by atoms with Crippen LogP contribution in [0.5, 0.6) is 0 Å². The van der Waals surface area contributed by atoms with Gasteiger partial charge in [0, 0.05) is 41.5 Å². The Hall–Kier alpha value is -2.50. The van der Waals surface area contributed by atoms with Crippen LogP contribution >= 0.6 is 23.1 Å². The molecular weight excluding hydrogens is 488 g/mol. The first-order valence-corrected chi connectivity index (χ1v) is 13.7. The molecule has 0 aromatic carbocycles. The van der Waals surface area contributed by atoms with Crippen molar-refractivity contribution in [1.82, 2.24) is 19.8 Å². The summed E-state index contributed by atoms with van der Waals surface area (Å²) in [6.45, 7) is 1.75. The highest BCUT2D eigenvalue weighted by atomic mass is 32.2. The second-order valence-electron chi connectivity index (χ2n) is 10.0. The molecule has 1 N–H and O–H groups in total. The van der Waals surface area contributed by atoms with Gasteiger partial charge < -0.3 is 14.6 Å². The van der Waals surface area contributed by atoms with Crippen molar-refractivity contribution in [3.8, 4) is 0 Å². The van der Waals surface area contributed by atoms with Crippen molar-refractivity contribution in [2.45, 2.75) is 22.6 Å². The SMILES string of the molecule is O=C(CN1C(=O)[C@@H]2[C@H]3C[C@@H]([C@@H]2C1=O)[C@@H]1[C@@H](c2cccnc2)c2sc(=O)[nH]c2S[C@@H]31)N1CCOCC1. The normalized spacial score (nSPS) is 35.3. The Kier molecular flexibility index (Phi) is 4.98. The molecular formula is C24H24N4O5S2. The van der Waals surface area contributed by atoms with E-state index in [0.29, 0.717) is 26.3 Å². The number of nitrogens with one attached hydrogen (secondary N) is 1. The van der Waals surface area contributed by atoms with E-state index in [1.807, 2.05) is 18.3 Å². The van der Waals surface area contributed by atoms with E-state index in [0.717, 1.165) is 21.9 Å². The Labute approximate surface area is 209 Å². The highest BCUT2D eigenvalue weighted by molar-refractivity contribution is 8.00. The average molecular weight is 513 g/mol. The highest BCUT2D eigenvalue weighted by Gasteiger charge is 2.69. The molecule has 5 heterocycles. The van der Waals surface area contributed by atoms with Gasteiger partial charge in [0.2, 0.25) is 17.7 Å². The van der Waals surface area contributed by atoms with Gasteiger partial charge in [0.25, 0.3) is 0 Å². The molecule has 4 fully saturated rings. The maximum absolute atomic E-state index is 13.6. The summed E-state index contributed by atoms with van der Waals surface area (Å²) in [4.78, 5) is 63.4. The minimum Gasteiger partial charge on any atom is -0.378 e. The van der Waals surface area contributed by atoms with Crippen molar-refractivity contribution in [1.29, 1.82) is 0 Å². The number of hydrogen-bond donors (Lipinski definition) is 1. The van der Waals surface area contributed by atoms with Gasteiger partial charge in [-0.05, 0) is 35.8 Å². The van der Waals surface area contributed by atoms with Crippen LogP contribution in [0.2, 0.25) is 0 Å². The van der Waals surface area contributed by atoms with Crippen molar-refractivity contribution in [3.63, 3.8) is 0 Å². The molecule has 2 aliphatic carbocycles. The van der Waals surface area contributed by atoms with Gasteiger partial charge in [-0.25, -0.2) is 0 Å². The van der Waals surface area contributed by atoms with Gasteiger partial charge >= 0.3 is 4.87 Å². The molecule has 0 radical (unpaired) electrons. The lowest BCUT2D eigenvalue weighted by atomic mass is 9.68. The van der Waals surface area contributed by atoms with Crippen molar-refractivity contribution < 1.29 is 19.1 Å². The molecule has 3 aliphatic heterocycles. The predicted molar refractivity (Wildman–Crippen MR) is 127 cm³/mol. The van der Waals surface area contributed by atoms with Crippen LogP contribution in [0.15, 0.2) is 34.3 Å². The van der Waals surface area contributed by atoms with Gasteiger partial charge in [-0.15, -0.1) is 11.8 Å². The third kappa shape index (κ3) is 3.14. The largest absolute Gasteiger partial charge is 0.378 e. The fourth-order valence-electron chi connectivity index (χ4n) is 7.22. The topological polar surface area (TPSA) is 113 Å². The van der Waals surface area contributed by atoms with Crippen molar-refractivity contribution >= 4 is 40.8 Å². The number of aromatic amines is 1. The molecule has 2 aromatic heterocycles. The van der Waals surface area contributed by atoms with E-state index in [4.69, 9.17) is 4.74 Å². The first kappa shape index (κ1) is 21.8. The number of thiazole rings is 1. The van der Waals surface area contributed by atoms with Gasteiger partial charge in [-0.1, -0.05) is 17.4 Å². The van der Waals surface area contributed by atoms with Crippen LogP contribution in [-0.4, -0.2) is 75.6 Å². The first-order chi connectivity index (χ1) is 17.0. The number of aromatic nitrogens is 2. The van der Waals surface area contributed by atoms with Crippen LogP contribution in [0.3, 0.4) is 0 Å². The lowest BCUT2D eigenvalue weighted by molar-refractivity contribution is -0.148. The summed E-state index contributed by atoms with van der Waals surface area (Å²) in [7, 11) is 0. The van der Waals surface area contributed by atoms with Crippen LogP contribution in [0.25, 0.3) is 0 Å². The second-order valence-corrected chi connectivity index (χ2v) is 12.2. The maximum Gasteiger partial charge on any atom is 0.305 e. The van der Waals surface area contributed by atoms with E-state index in [9.17, 15) is 19.2 Å². The smallest absolute Gasteiger partial charge is 0.305 e. The maximum atomic E-state index is 13.6. The molecule has 2 saturated heterocycles. The minimum absolute atomic E-state index is 0.0308. The highest BCUT2D eigenvalue weighted by Crippen LogP contribution is 2.68. The summed E-state index contributed by atoms with van der Waals surface area (Å²) in [6.07, 6.45) is 4.42. The van der Waals surface area contributed by atoms with Crippen LogP contribution in [0.1, 0.15) is 22.8 Å². The number of morpholine rings is 1. The molecule has 3 amide bonds. The Morgan fingerprint density at radius 2 is 1.91 bits per heavy atom. The summed E-state index contributed by atoms with van der Waals surface area (Å²) >= 11 is 2.90. The zero-order chi connectivity index (χ0) is 23.8. The number of nitrogens with zero attached hydrogens (tertiary/aromatic N) is 3. The Balaban J connectivity index is 1.22. The lowest BCUT2D eigenvalue weighted by Crippen LogP contribution is -2.47. The molecule has 2 aromatic rings. The van der Waals surface area contributed by atoms with Gasteiger partial charge in [-0.2, -0.15) is 0 Å². The van der Waals surface area contributed by atoms with Crippen LogP contribution < -0.4 is 4.87 Å². The van der Waals surface area contributed by atoms with Crippen molar-refractivity contribution in [2.24, 2.45) is 29.6 Å². The molecule has 182 valence electrons. The molecule has 2 bridgehead atoms. The summed E-state index contributed by atoms with van der Waals surface area (Å²) < 4.78 is 5.32. The monoisotopic (exact) mass is 512 g/mol. The molecule has 9 nitrogen and oxygen atoms in total. The molecule has 7 rings (SSSR count). The number of thioether (sulfide) groups is 1. The van der Waals surface area contributed by atoms with Gasteiger partial charge in [0.1, 0.15) is 6.54 Å². The summed E-state index contributed by atoms with van der Waals surface area (Å²) in [5.74, 6) is -1.15. The molecule has 11 heteroatoms. The Bertz CT molecular complexity index is 1270. The number of hydrogen-bond acceptors (Lipinski definition) is 8. The van der Waals surface area contributed by atoms with Crippen LogP contribution in [0, 0.1) is 29.6 Å². The van der Waals surface area contributed by atoms with Crippen LogP contribution in [-0.2, 0) is 19.1 Å². The fourth-order valence-corrected chi connectivity index (χ4v) is 10.1. The van der Waals surface area contributed by atoms with Crippen molar-refractivity contribution in [2.75, 3.05) is 32.8 Å². The first-order valence-electron chi connectivity index (χ1n) is 12.0. The van der Waals surface area contributed by atoms with E-state index in [-0.39, 0.29) is 69.9 Å². The average Bonchev–Trinajstić information content (AvgIpc) is 3.61.